The Morgan fingerprint density at radius 3 is 1.98 bits per heavy atom. The summed E-state index contributed by atoms with van der Waals surface area (Å²) in [6, 6.07) is 44.0. The molecule has 6 aromatic carbocycles. The van der Waals surface area contributed by atoms with Gasteiger partial charge in [-0.2, -0.15) is 0 Å². The van der Waals surface area contributed by atoms with Crippen LogP contribution in [0.25, 0.3) is 39.3 Å². The van der Waals surface area contributed by atoms with Crippen LogP contribution in [0, 0.1) is 25.1 Å². The number of rotatable bonds is 4. The second-order valence-corrected chi connectivity index (χ2v) is 14.6. The van der Waals surface area contributed by atoms with E-state index < -0.39 is 5.41 Å². The van der Waals surface area contributed by atoms with Crippen LogP contribution in [-0.4, -0.2) is 0 Å². The minimum Gasteiger partial charge on any atom is -0.460 e. The highest BCUT2D eigenvalue weighted by molar-refractivity contribution is 6.13. The first-order chi connectivity index (χ1) is 24.7. The van der Waals surface area contributed by atoms with Crippen molar-refractivity contribution in [1.29, 1.82) is 0 Å². The van der Waals surface area contributed by atoms with Crippen molar-refractivity contribution in [2.45, 2.75) is 38.5 Å². The van der Waals surface area contributed by atoms with E-state index in [0.717, 1.165) is 78.3 Å². The van der Waals surface area contributed by atoms with Crippen molar-refractivity contribution < 1.29 is 8.81 Å². The Morgan fingerprint density at radius 2 is 1.31 bits per heavy atom. The summed E-state index contributed by atoms with van der Waals surface area (Å²) in [6.45, 7) is 8.70. The van der Waals surface area contributed by atoms with Crippen LogP contribution in [0.15, 0.2) is 138 Å². The zero-order valence-corrected chi connectivity index (χ0v) is 29.1. The molecule has 0 N–H and O–H groups in total. The highest BCUT2D eigenvalue weighted by Gasteiger charge is 2.53. The summed E-state index contributed by atoms with van der Waals surface area (Å²) in [5, 5.41) is 0.971. The number of anilines is 3. The predicted octanol–water partition coefficient (Wildman–Crippen LogP) is 12.6. The van der Waals surface area contributed by atoms with Crippen molar-refractivity contribution >= 4 is 34.1 Å². The fourth-order valence-corrected chi connectivity index (χ4v) is 8.61. The molecule has 51 heavy (non-hydrogen) atoms. The van der Waals surface area contributed by atoms with Crippen LogP contribution < -0.4 is 4.90 Å². The molecule has 0 aliphatic heterocycles. The summed E-state index contributed by atoms with van der Waals surface area (Å²) in [7, 11) is 0. The van der Waals surface area contributed by atoms with E-state index in [-0.39, 0.29) is 11.2 Å². The molecule has 246 valence electrons. The molecule has 1 atom stereocenters. The molecule has 0 radical (unpaired) electrons. The van der Waals surface area contributed by atoms with E-state index in [1.165, 1.54) is 5.56 Å². The molecule has 3 heteroatoms. The summed E-state index contributed by atoms with van der Waals surface area (Å²) in [5.41, 5.74) is 13.1. The normalized spacial score (nSPS) is 15.5. The van der Waals surface area contributed by atoms with Gasteiger partial charge in [0.25, 0.3) is 0 Å². The van der Waals surface area contributed by atoms with Crippen LogP contribution in [0.2, 0.25) is 0 Å². The fraction of sp³-hybridized carbons (Fsp3) is 0.125. The van der Waals surface area contributed by atoms with E-state index in [4.69, 9.17) is 10.8 Å². The number of fused-ring (bicyclic) bond motifs is 12. The van der Waals surface area contributed by atoms with Gasteiger partial charge < -0.3 is 9.32 Å². The summed E-state index contributed by atoms with van der Waals surface area (Å²) >= 11 is 0. The largest absolute Gasteiger partial charge is 0.460 e. The number of furan rings is 1. The van der Waals surface area contributed by atoms with Gasteiger partial charge >= 0.3 is 0 Å². The van der Waals surface area contributed by atoms with Crippen LogP contribution in [-0.2, 0) is 10.8 Å². The van der Waals surface area contributed by atoms with Crippen molar-refractivity contribution in [3.63, 3.8) is 0 Å². The molecule has 9 rings (SSSR count). The van der Waals surface area contributed by atoms with Crippen molar-refractivity contribution in [3.05, 3.63) is 178 Å². The third-order valence-electron chi connectivity index (χ3n) is 10.8. The lowest BCUT2D eigenvalue weighted by Crippen LogP contribution is -2.26. The number of terminal acetylenes is 1. The molecule has 0 fully saturated rings. The Kier molecular flexibility index (Phi) is 6.79. The molecule has 7 aromatic rings. The monoisotopic (exact) mass is 661 g/mol. The van der Waals surface area contributed by atoms with Crippen LogP contribution in [0.5, 0.6) is 0 Å². The van der Waals surface area contributed by atoms with Crippen molar-refractivity contribution in [3.8, 4) is 34.6 Å². The molecule has 1 heterocycles. The molecule has 2 aliphatic rings. The maximum absolute atomic E-state index is 16.1. The lowest BCUT2D eigenvalue weighted by atomic mass is 9.70. The third kappa shape index (κ3) is 4.30. The number of allylic oxidation sites excluding steroid dienone is 1. The SMILES string of the molecule is C#C/C=C\c1c(C)oc2c3c(cc(N(c4ccccc4)c4ccc(C(C)(C)C)cc4)c12)C1(c2ccccc2-c2c(F)cccc21)c1ccccc1-3. The molecule has 1 unspecified atom stereocenters. The van der Waals surface area contributed by atoms with Gasteiger partial charge in [-0.05, 0) is 99.8 Å². The Bertz CT molecular complexity index is 2590. The lowest BCUT2D eigenvalue weighted by Gasteiger charge is -2.32. The summed E-state index contributed by atoms with van der Waals surface area (Å²) in [5.74, 6) is 3.25. The van der Waals surface area contributed by atoms with Gasteiger partial charge in [0, 0.05) is 28.1 Å². The molecule has 2 aliphatic carbocycles. The topological polar surface area (TPSA) is 16.4 Å². The highest BCUT2D eigenvalue weighted by atomic mass is 19.1. The molecule has 0 saturated heterocycles. The Labute approximate surface area is 298 Å². The van der Waals surface area contributed by atoms with Gasteiger partial charge in [-0.15, -0.1) is 6.42 Å². The zero-order valence-electron chi connectivity index (χ0n) is 29.1. The Morgan fingerprint density at radius 1 is 0.706 bits per heavy atom. The summed E-state index contributed by atoms with van der Waals surface area (Å²) in [6.07, 6.45) is 9.51. The Hall–Kier alpha value is -6.11. The van der Waals surface area contributed by atoms with Crippen molar-refractivity contribution in [1.82, 2.24) is 0 Å². The zero-order chi connectivity index (χ0) is 35.1. The predicted molar refractivity (Wildman–Crippen MR) is 208 cm³/mol. The molecule has 2 nitrogen and oxygen atoms in total. The highest BCUT2D eigenvalue weighted by Crippen LogP contribution is 2.65. The maximum atomic E-state index is 16.1. The van der Waals surface area contributed by atoms with E-state index in [9.17, 15) is 0 Å². The maximum Gasteiger partial charge on any atom is 0.145 e. The van der Waals surface area contributed by atoms with Gasteiger partial charge in [-0.1, -0.05) is 118 Å². The quantitative estimate of drug-likeness (QED) is 0.175. The smallest absolute Gasteiger partial charge is 0.145 e. The molecule has 1 spiro atoms. The van der Waals surface area contributed by atoms with Gasteiger partial charge in [0.2, 0.25) is 0 Å². The molecule has 0 saturated carbocycles. The number of hydrogen-bond donors (Lipinski definition) is 0. The van der Waals surface area contributed by atoms with Gasteiger partial charge in [0.1, 0.15) is 17.2 Å². The lowest BCUT2D eigenvalue weighted by molar-refractivity contribution is 0.578. The molecule has 0 amide bonds. The summed E-state index contributed by atoms with van der Waals surface area (Å²) < 4.78 is 23.0. The molecular weight excluding hydrogens is 626 g/mol. The van der Waals surface area contributed by atoms with Gasteiger partial charge in [-0.25, -0.2) is 4.39 Å². The summed E-state index contributed by atoms with van der Waals surface area (Å²) in [4.78, 5) is 2.32. The van der Waals surface area contributed by atoms with Crippen molar-refractivity contribution in [2.75, 3.05) is 4.90 Å². The number of benzene rings is 6. The Balaban J connectivity index is 1.46. The second kappa shape index (κ2) is 11.2. The first-order valence-electron chi connectivity index (χ1n) is 17.4. The first-order valence-corrected chi connectivity index (χ1v) is 17.4. The second-order valence-electron chi connectivity index (χ2n) is 14.6. The van der Waals surface area contributed by atoms with Gasteiger partial charge in [0.05, 0.1) is 16.5 Å². The average Bonchev–Trinajstić information content (AvgIpc) is 3.74. The van der Waals surface area contributed by atoms with Gasteiger partial charge in [-0.3, -0.25) is 0 Å². The average molecular weight is 662 g/mol. The van der Waals surface area contributed by atoms with E-state index in [1.54, 1.807) is 12.1 Å². The standard InChI is InChI=1S/C48H36FNO/c1-6-7-18-34-30(2)51-46-44-36-20-12-14-22-38(36)48(37-21-13-11-19-35(37)43-39(48)23-15-24-41(43)49)40(44)29-42(45(34)46)50(32-16-9-8-10-17-32)33-27-25-31(26-28-33)47(3,4)5/h1,7-29H,2-5H3/b18-7-. The van der Waals surface area contributed by atoms with E-state index >= 15 is 4.39 Å². The molecule has 0 bridgehead atoms. The minimum atomic E-state index is -0.767. The first kappa shape index (κ1) is 30.9. The number of aryl methyl sites for hydroxylation is 1. The number of halogens is 1. The minimum absolute atomic E-state index is 0.00247. The van der Waals surface area contributed by atoms with Gasteiger partial charge in [0.15, 0.2) is 0 Å². The van der Waals surface area contributed by atoms with Crippen LogP contribution in [0.1, 0.15) is 59.9 Å². The number of para-hydroxylation sites is 1. The molecular formula is C48H36FNO. The fourth-order valence-electron chi connectivity index (χ4n) is 8.61. The number of hydrogen-bond acceptors (Lipinski definition) is 2. The van der Waals surface area contributed by atoms with Crippen LogP contribution in [0.4, 0.5) is 21.5 Å². The third-order valence-corrected chi connectivity index (χ3v) is 10.8. The van der Waals surface area contributed by atoms with E-state index in [1.807, 2.05) is 31.2 Å². The molecule has 1 aromatic heterocycles. The van der Waals surface area contributed by atoms with Crippen LogP contribution >= 0.6 is 0 Å². The van der Waals surface area contributed by atoms with E-state index in [0.29, 0.717) is 5.56 Å². The number of nitrogens with zero attached hydrogens (tertiary/aromatic N) is 1. The van der Waals surface area contributed by atoms with Crippen LogP contribution in [0.3, 0.4) is 0 Å². The van der Waals surface area contributed by atoms with Crippen molar-refractivity contribution in [2.24, 2.45) is 0 Å². The van der Waals surface area contributed by atoms with E-state index in [2.05, 4.69) is 135 Å².